The first-order valence-electron chi connectivity index (χ1n) is 4.21. The van der Waals surface area contributed by atoms with Gasteiger partial charge in [0.15, 0.2) is 18.5 Å². The molecule has 0 bridgehead atoms. The molecule has 11 heteroatoms. The van der Waals surface area contributed by atoms with Crippen molar-refractivity contribution in [2.45, 2.75) is 30.7 Å². The minimum Gasteiger partial charge on any atom is -0.479 e. The lowest BCUT2D eigenvalue weighted by Gasteiger charge is -2.37. The van der Waals surface area contributed by atoms with Gasteiger partial charge in [0.25, 0.3) is 0 Å². The summed E-state index contributed by atoms with van der Waals surface area (Å²) in [6.45, 7) is 0. The fourth-order valence-electron chi connectivity index (χ4n) is 1.30. The second-order valence-corrected chi connectivity index (χ2v) is 4.30. The molecule has 0 spiro atoms. The Morgan fingerprint density at radius 2 is 1.71 bits per heavy atom. The molecular formula is C6H10O10S. The predicted octanol–water partition coefficient (Wildman–Crippen LogP) is -3.30. The number of aliphatic hydroxyl groups excluding tert-OH is 3. The van der Waals surface area contributed by atoms with Crippen LogP contribution < -0.4 is 0 Å². The lowest BCUT2D eigenvalue weighted by atomic mass is 9.99. The Kier molecular flexibility index (Phi) is 4.03. The van der Waals surface area contributed by atoms with Gasteiger partial charge in [0.1, 0.15) is 12.2 Å². The lowest BCUT2D eigenvalue weighted by molar-refractivity contribution is -0.274. The van der Waals surface area contributed by atoms with Crippen molar-refractivity contribution >= 4 is 16.4 Å². The van der Waals surface area contributed by atoms with E-state index in [1.165, 1.54) is 0 Å². The molecule has 10 nitrogen and oxygen atoms in total. The fourth-order valence-corrected chi connectivity index (χ4v) is 1.79. The van der Waals surface area contributed by atoms with Gasteiger partial charge in [-0.15, -0.1) is 0 Å². The van der Waals surface area contributed by atoms with Gasteiger partial charge < -0.3 is 25.2 Å². The van der Waals surface area contributed by atoms with Gasteiger partial charge in [0.2, 0.25) is 0 Å². The van der Waals surface area contributed by atoms with Gasteiger partial charge in [-0.2, -0.15) is 8.42 Å². The SMILES string of the molecule is O=C(O)[C@@H]1O[C@@H](O)[C@H](OS(=O)(=O)O)C(O)[C@@H]1O. The normalized spacial score (nSPS) is 38.9. The number of aliphatic carboxylic acids is 1. The molecule has 1 saturated heterocycles. The van der Waals surface area contributed by atoms with E-state index in [1.807, 2.05) is 0 Å². The fraction of sp³-hybridized carbons (Fsp3) is 0.833. The monoisotopic (exact) mass is 274 g/mol. The number of carboxylic acids is 1. The standard InChI is InChI=1S/C6H10O10S/c7-1-2(8)4(16-17(12,13)14)6(11)15-3(1)5(9)10/h1-4,6-8,11H,(H,9,10)(H,12,13,14)/t1-,2?,3+,4+,6+/m0/s1. The number of hydrogen-bond acceptors (Lipinski definition) is 8. The van der Waals surface area contributed by atoms with Crippen LogP contribution >= 0.6 is 0 Å². The minimum absolute atomic E-state index is 1.67. The van der Waals surface area contributed by atoms with E-state index in [1.54, 1.807) is 0 Å². The van der Waals surface area contributed by atoms with Crippen molar-refractivity contribution in [2.24, 2.45) is 0 Å². The molecular weight excluding hydrogens is 264 g/mol. The summed E-state index contributed by atoms with van der Waals surface area (Å²) in [5.41, 5.74) is 0. The van der Waals surface area contributed by atoms with Crippen LogP contribution in [0.4, 0.5) is 0 Å². The molecule has 0 radical (unpaired) electrons. The van der Waals surface area contributed by atoms with Gasteiger partial charge in [-0.25, -0.2) is 8.98 Å². The number of ether oxygens (including phenoxy) is 1. The van der Waals surface area contributed by atoms with Crippen molar-refractivity contribution < 1.29 is 47.1 Å². The summed E-state index contributed by atoms with van der Waals surface area (Å²) in [6.07, 6.45) is -10.2. The first-order valence-corrected chi connectivity index (χ1v) is 5.58. The summed E-state index contributed by atoms with van der Waals surface area (Å²) >= 11 is 0. The van der Waals surface area contributed by atoms with E-state index in [2.05, 4.69) is 8.92 Å². The van der Waals surface area contributed by atoms with Gasteiger partial charge in [-0.05, 0) is 0 Å². The van der Waals surface area contributed by atoms with Crippen molar-refractivity contribution in [1.82, 2.24) is 0 Å². The highest BCUT2D eigenvalue weighted by molar-refractivity contribution is 7.80. The summed E-state index contributed by atoms with van der Waals surface area (Å²) in [4.78, 5) is 10.5. The Morgan fingerprint density at radius 1 is 1.18 bits per heavy atom. The molecule has 1 heterocycles. The van der Waals surface area contributed by atoms with E-state index in [-0.39, 0.29) is 0 Å². The third-order valence-electron chi connectivity index (χ3n) is 2.04. The first-order chi connectivity index (χ1) is 7.63. The summed E-state index contributed by atoms with van der Waals surface area (Å²) in [5.74, 6) is -1.67. The smallest absolute Gasteiger partial charge is 0.397 e. The highest BCUT2D eigenvalue weighted by atomic mass is 32.3. The minimum atomic E-state index is -5.01. The Morgan fingerprint density at radius 3 is 2.12 bits per heavy atom. The number of carboxylic acid groups (broad SMARTS) is 1. The molecule has 1 aliphatic rings. The molecule has 1 unspecified atom stereocenters. The average Bonchev–Trinajstić information content (AvgIpc) is 2.16. The van der Waals surface area contributed by atoms with Gasteiger partial charge in [0.05, 0.1) is 0 Å². The van der Waals surface area contributed by atoms with Crippen LogP contribution in [0, 0.1) is 0 Å². The lowest BCUT2D eigenvalue weighted by Crippen LogP contribution is -2.60. The van der Waals surface area contributed by atoms with Crippen molar-refractivity contribution in [3.05, 3.63) is 0 Å². The number of carbonyl (C=O) groups is 1. The largest absolute Gasteiger partial charge is 0.479 e. The third kappa shape index (κ3) is 3.32. The van der Waals surface area contributed by atoms with E-state index >= 15 is 0 Å². The highest BCUT2D eigenvalue weighted by Gasteiger charge is 2.49. The predicted molar refractivity (Wildman–Crippen MR) is 47.0 cm³/mol. The van der Waals surface area contributed by atoms with Gasteiger partial charge in [-0.1, -0.05) is 0 Å². The molecule has 100 valence electrons. The Labute approximate surface area is 95.0 Å². The van der Waals surface area contributed by atoms with E-state index in [9.17, 15) is 28.5 Å². The molecule has 0 saturated carbocycles. The Balaban J connectivity index is 2.87. The Hall–Kier alpha value is -0.820. The molecule has 1 rings (SSSR count). The van der Waals surface area contributed by atoms with Gasteiger partial charge in [-0.3, -0.25) is 4.55 Å². The summed E-state index contributed by atoms with van der Waals surface area (Å²) in [5, 5.41) is 36.3. The van der Waals surface area contributed by atoms with Crippen LogP contribution in [0.25, 0.3) is 0 Å². The average molecular weight is 274 g/mol. The zero-order chi connectivity index (χ0) is 13.4. The second-order valence-electron chi connectivity index (χ2n) is 3.26. The summed E-state index contributed by atoms with van der Waals surface area (Å²) in [6, 6.07) is 0. The van der Waals surface area contributed by atoms with Gasteiger partial charge in [0, 0.05) is 0 Å². The van der Waals surface area contributed by atoms with Crippen molar-refractivity contribution in [2.75, 3.05) is 0 Å². The summed E-state index contributed by atoms with van der Waals surface area (Å²) in [7, 11) is -5.01. The van der Waals surface area contributed by atoms with Crippen molar-refractivity contribution in [1.29, 1.82) is 0 Å². The van der Waals surface area contributed by atoms with Crippen molar-refractivity contribution in [3.63, 3.8) is 0 Å². The van der Waals surface area contributed by atoms with E-state index in [0.717, 1.165) is 0 Å². The zero-order valence-electron chi connectivity index (χ0n) is 8.07. The third-order valence-corrected chi connectivity index (χ3v) is 2.51. The molecule has 0 aromatic carbocycles. The molecule has 0 aromatic rings. The molecule has 0 aromatic heterocycles. The molecule has 1 fully saturated rings. The molecule has 5 N–H and O–H groups in total. The topological polar surface area (TPSA) is 171 Å². The molecule has 0 amide bonds. The van der Waals surface area contributed by atoms with Crippen LogP contribution in [0.1, 0.15) is 0 Å². The van der Waals surface area contributed by atoms with Crippen LogP contribution in [-0.4, -0.2) is 70.1 Å². The van der Waals surface area contributed by atoms with E-state index in [0.29, 0.717) is 0 Å². The zero-order valence-corrected chi connectivity index (χ0v) is 8.89. The quantitative estimate of drug-likeness (QED) is 0.328. The first kappa shape index (κ1) is 14.2. The number of rotatable bonds is 3. The van der Waals surface area contributed by atoms with Crippen LogP contribution in [0.3, 0.4) is 0 Å². The van der Waals surface area contributed by atoms with Crippen LogP contribution in [0.5, 0.6) is 0 Å². The van der Waals surface area contributed by atoms with Crippen LogP contribution in [-0.2, 0) is 24.1 Å². The highest BCUT2D eigenvalue weighted by Crippen LogP contribution is 2.23. The number of hydrogen-bond donors (Lipinski definition) is 5. The van der Waals surface area contributed by atoms with E-state index < -0.39 is 47.1 Å². The van der Waals surface area contributed by atoms with Crippen LogP contribution in [0.15, 0.2) is 0 Å². The molecule has 17 heavy (non-hydrogen) atoms. The van der Waals surface area contributed by atoms with Crippen LogP contribution in [0.2, 0.25) is 0 Å². The molecule has 1 aliphatic heterocycles. The van der Waals surface area contributed by atoms with E-state index in [4.69, 9.17) is 9.66 Å². The second kappa shape index (κ2) is 4.81. The number of aliphatic hydroxyl groups is 3. The molecule has 5 atom stereocenters. The Bertz CT molecular complexity index is 390. The molecule has 0 aliphatic carbocycles. The maximum absolute atomic E-state index is 10.5. The maximum atomic E-state index is 10.5. The van der Waals surface area contributed by atoms with Crippen molar-refractivity contribution in [3.8, 4) is 0 Å². The summed E-state index contributed by atoms with van der Waals surface area (Å²) < 4.78 is 37.3. The maximum Gasteiger partial charge on any atom is 0.397 e. The van der Waals surface area contributed by atoms with Gasteiger partial charge >= 0.3 is 16.4 Å².